The smallest absolute Gasteiger partial charge is 0.123 e. The lowest BCUT2D eigenvalue weighted by molar-refractivity contribution is 0.628. The second-order valence-corrected chi connectivity index (χ2v) is 5.64. The van der Waals surface area contributed by atoms with Crippen molar-refractivity contribution in [3.05, 3.63) is 91.0 Å². The first-order valence-corrected chi connectivity index (χ1v) is 7.90. The quantitative estimate of drug-likeness (QED) is 0.531. The van der Waals surface area contributed by atoms with Gasteiger partial charge in [-0.3, -0.25) is 4.98 Å². The van der Waals surface area contributed by atoms with Crippen LogP contribution in [0.15, 0.2) is 85.2 Å². The monoisotopic (exact) mass is 327 g/mol. The van der Waals surface area contributed by atoms with Crippen molar-refractivity contribution in [2.75, 3.05) is 0 Å². The summed E-state index contributed by atoms with van der Waals surface area (Å²) in [6.45, 7) is 0. The first-order chi connectivity index (χ1) is 12.3. The van der Waals surface area contributed by atoms with Crippen LogP contribution in [0, 0.1) is 5.82 Å². The van der Waals surface area contributed by atoms with E-state index in [9.17, 15) is 4.39 Å². The molecule has 0 atom stereocenters. The molecule has 0 unspecified atom stereocenters. The van der Waals surface area contributed by atoms with Gasteiger partial charge in [0, 0.05) is 22.9 Å². The van der Waals surface area contributed by atoms with Crippen LogP contribution in [0.2, 0.25) is 0 Å². The predicted molar refractivity (Wildman–Crippen MR) is 96.1 cm³/mol. The van der Waals surface area contributed by atoms with E-state index < -0.39 is 0 Å². The molecular formula is C21H14FN3. The normalized spacial score (nSPS) is 10.6. The Morgan fingerprint density at radius 3 is 2.28 bits per heavy atom. The maximum Gasteiger partial charge on any atom is 0.123 e. The Morgan fingerprint density at radius 2 is 1.44 bits per heavy atom. The van der Waals surface area contributed by atoms with Gasteiger partial charge in [0.2, 0.25) is 0 Å². The number of hydrogen-bond acceptors (Lipinski definition) is 3. The van der Waals surface area contributed by atoms with Crippen LogP contribution in [-0.4, -0.2) is 15.2 Å². The van der Waals surface area contributed by atoms with E-state index in [1.807, 2.05) is 54.6 Å². The summed E-state index contributed by atoms with van der Waals surface area (Å²) < 4.78 is 13.5. The third-order valence-electron chi connectivity index (χ3n) is 3.94. The molecule has 3 nitrogen and oxygen atoms in total. The van der Waals surface area contributed by atoms with Crippen LogP contribution in [0.5, 0.6) is 0 Å². The van der Waals surface area contributed by atoms with Gasteiger partial charge < -0.3 is 0 Å². The maximum absolute atomic E-state index is 13.5. The average Bonchev–Trinajstić information content (AvgIpc) is 2.69. The molecule has 2 aromatic heterocycles. The van der Waals surface area contributed by atoms with Crippen LogP contribution >= 0.6 is 0 Å². The van der Waals surface area contributed by atoms with E-state index in [1.54, 1.807) is 18.5 Å². The Bertz CT molecular complexity index is 1020. The van der Waals surface area contributed by atoms with Gasteiger partial charge in [0.15, 0.2) is 0 Å². The van der Waals surface area contributed by atoms with Crippen molar-refractivity contribution in [2.24, 2.45) is 0 Å². The lowest BCUT2D eigenvalue weighted by Crippen LogP contribution is -1.91. The van der Waals surface area contributed by atoms with Crippen LogP contribution in [0.1, 0.15) is 0 Å². The molecule has 120 valence electrons. The van der Waals surface area contributed by atoms with Gasteiger partial charge in [-0.15, -0.1) is 0 Å². The molecule has 0 saturated heterocycles. The Morgan fingerprint density at radius 1 is 0.640 bits per heavy atom. The van der Waals surface area contributed by atoms with E-state index in [4.69, 9.17) is 0 Å². The largest absolute Gasteiger partial charge is 0.256 e. The van der Waals surface area contributed by atoms with Crippen LogP contribution in [0.3, 0.4) is 0 Å². The SMILES string of the molecule is Fc1cccc(-c2cc(-c3cnnc(-c4ccccc4)c3)ccn2)c1. The summed E-state index contributed by atoms with van der Waals surface area (Å²) >= 11 is 0. The van der Waals surface area contributed by atoms with Crippen molar-refractivity contribution in [3.63, 3.8) is 0 Å². The number of rotatable bonds is 3. The van der Waals surface area contributed by atoms with E-state index in [0.717, 1.165) is 33.6 Å². The minimum atomic E-state index is -0.276. The van der Waals surface area contributed by atoms with Gasteiger partial charge in [0.05, 0.1) is 17.6 Å². The molecule has 0 spiro atoms. The molecule has 2 heterocycles. The van der Waals surface area contributed by atoms with E-state index in [2.05, 4.69) is 15.2 Å². The molecule has 0 fully saturated rings. The molecule has 0 aliphatic rings. The van der Waals surface area contributed by atoms with Crippen molar-refractivity contribution >= 4 is 0 Å². The highest BCUT2D eigenvalue weighted by Crippen LogP contribution is 2.26. The maximum atomic E-state index is 13.5. The van der Waals surface area contributed by atoms with Gasteiger partial charge in [0.25, 0.3) is 0 Å². The zero-order valence-corrected chi connectivity index (χ0v) is 13.3. The van der Waals surface area contributed by atoms with E-state index >= 15 is 0 Å². The summed E-state index contributed by atoms with van der Waals surface area (Å²) in [5, 5.41) is 8.34. The lowest BCUT2D eigenvalue weighted by atomic mass is 10.0. The van der Waals surface area contributed by atoms with E-state index in [0.29, 0.717) is 0 Å². The zero-order valence-electron chi connectivity index (χ0n) is 13.3. The van der Waals surface area contributed by atoms with Crippen molar-refractivity contribution in [1.29, 1.82) is 0 Å². The lowest BCUT2D eigenvalue weighted by Gasteiger charge is -2.07. The summed E-state index contributed by atoms with van der Waals surface area (Å²) in [5.41, 5.74) is 5.18. The van der Waals surface area contributed by atoms with Crippen LogP contribution in [0.25, 0.3) is 33.6 Å². The molecule has 0 aliphatic carbocycles. The molecule has 0 N–H and O–H groups in total. The summed E-state index contributed by atoms with van der Waals surface area (Å²) in [4.78, 5) is 4.35. The molecule has 0 radical (unpaired) electrons. The third kappa shape index (κ3) is 3.28. The van der Waals surface area contributed by atoms with Gasteiger partial charge in [0.1, 0.15) is 5.82 Å². The summed E-state index contributed by atoms with van der Waals surface area (Å²) in [5.74, 6) is -0.276. The number of halogens is 1. The zero-order chi connectivity index (χ0) is 17.1. The molecule has 0 aliphatic heterocycles. The number of pyridine rings is 1. The van der Waals surface area contributed by atoms with Crippen molar-refractivity contribution in [3.8, 4) is 33.6 Å². The van der Waals surface area contributed by atoms with Crippen LogP contribution in [0.4, 0.5) is 4.39 Å². The fourth-order valence-electron chi connectivity index (χ4n) is 2.69. The Hall–Kier alpha value is -3.40. The van der Waals surface area contributed by atoms with Gasteiger partial charge in [-0.2, -0.15) is 10.2 Å². The van der Waals surface area contributed by atoms with E-state index in [-0.39, 0.29) is 5.82 Å². The molecule has 4 rings (SSSR count). The molecule has 4 aromatic rings. The van der Waals surface area contributed by atoms with Crippen molar-refractivity contribution < 1.29 is 4.39 Å². The molecule has 25 heavy (non-hydrogen) atoms. The Labute approximate surface area is 144 Å². The number of aromatic nitrogens is 3. The van der Waals surface area contributed by atoms with Crippen molar-refractivity contribution in [1.82, 2.24) is 15.2 Å². The fraction of sp³-hybridized carbons (Fsp3) is 0. The van der Waals surface area contributed by atoms with Gasteiger partial charge in [-0.25, -0.2) is 4.39 Å². The number of nitrogens with zero attached hydrogens (tertiary/aromatic N) is 3. The highest BCUT2D eigenvalue weighted by atomic mass is 19.1. The van der Waals surface area contributed by atoms with E-state index in [1.165, 1.54) is 12.1 Å². The second kappa shape index (κ2) is 6.61. The minimum absolute atomic E-state index is 0.276. The van der Waals surface area contributed by atoms with Crippen LogP contribution < -0.4 is 0 Å². The highest BCUT2D eigenvalue weighted by molar-refractivity contribution is 5.73. The minimum Gasteiger partial charge on any atom is -0.256 e. The topological polar surface area (TPSA) is 38.7 Å². The summed E-state index contributed by atoms with van der Waals surface area (Å²) in [6, 6.07) is 22.2. The van der Waals surface area contributed by atoms with Crippen LogP contribution in [-0.2, 0) is 0 Å². The standard InChI is InChI=1S/C21H14FN3/c22-19-8-4-7-17(11-19)20-12-16(9-10-23-20)18-13-21(25-24-14-18)15-5-2-1-3-6-15/h1-14H. The van der Waals surface area contributed by atoms with Gasteiger partial charge >= 0.3 is 0 Å². The number of benzene rings is 2. The fourth-order valence-corrected chi connectivity index (χ4v) is 2.69. The molecule has 0 saturated carbocycles. The molecular weight excluding hydrogens is 313 g/mol. The second-order valence-electron chi connectivity index (χ2n) is 5.64. The molecule has 2 aromatic carbocycles. The van der Waals surface area contributed by atoms with Gasteiger partial charge in [-0.05, 0) is 35.9 Å². The Balaban J connectivity index is 1.75. The molecule has 0 amide bonds. The first-order valence-electron chi connectivity index (χ1n) is 7.90. The summed E-state index contributed by atoms with van der Waals surface area (Å²) in [7, 11) is 0. The predicted octanol–water partition coefficient (Wildman–Crippen LogP) is 5.01. The van der Waals surface area contributed by atoms with Crippen molar-refractivity contribution in [2.45, 2.75) is 0 Å². The van der Waals surface area contributed by atoms with Gasteiger partial charge in [-0.1, -0.05) is 42.5 Å². The molecule has 0 bridgehead atoms. The highest BCUT2D eigenvalue weighted by Gasteiger charge is 2.07. The summed E-state index contributed by atoms with van der Waals surface area (Å²) in [6.07, 6.45) is 3.44. The Kier molecular flexibility index (Phi) is 4.01. The average molecular weight is 327 g/mol. The first kappa shape index (κ1) is 15.1. The third-order valence-corrected chi connectivity index (χ3v) is 3.94. The number of hydrogen-bond donors (Lipinski definition) is 0. The molecule has 4 heteroatoms.